The third-order valence-corrected chi connectivity index (χ3v) is 3.81. The van der Waals surface area contributed by atoms with Gasteiger partial charge >= 0.3 is 0 Å². The fourth-order valence-corrected chi connectivity index (χ4v) is 2.76. The minimum absolute atomic E-state index is 0.110. The first-order valence-electron chi connectivity index (χ1n) is 5.55. The van der Waals surface area contributed by atoms with Crippen LogP contribution in [0.1, 0.15) is 6.92 Å². The monoisotopic (exact) mass is 263 g/mol. The quantitative estimate of drug-likeness (QED) is 0.795. The highest BCUT2D eigenvalue weighted by molar-refractivity contribution is 7.87. The van der Waals surface area contributed by atoms with Gasteiger partial charge in [0.1, 0.15) is 4.90 Å². The van der Waals surface area contributed by atoms with Gasteiger partial charge in [0.15, 0.2) is 0 Å². The molecule has 2 aromatic rings. The maximum absolute atomic E-state index is 12.0. The molecule has 2 rings (SSSR count). The molecule has 5 heteroatoms. The van der Waals surface area contributed by atoms with Crippen molar-refractivity contribution in [2.75, 3.05) is 6.61 Å². The lowest BCUT2D eigenvalue weighted by Crippen LogP contribution is -2.07. The molecule has 0 radical (unpaired) electrons. The Morgan fingerprint density at radius 1 is 1.11 bits per heavy atom. The fourth-order valence-electron chi connectivity index (χ4n) is 1.64. The van der Waals surface area contributed by atoms with E-state index in [0.717, 1.165) is 0 Å². The van der Waals surface area contributed by atoms with E-state index in [-0.39, 0.29) is 11.5 Å². The minimum Gasteiger partial charge on any atom is -0.267 e. The van der Waals surface area contributed by atoms with Crippen molar-refractivity contribution < 1.29 is 12.6 Å². The third-order valence-electron chi connectivity index (χ3n) is 2.37. The molecule has 18 heavy (non-hydrogen) atoms. The van der Waals surface area contributed by atoms with Gasteiger partial charge in [-0.15, -0.1) is 0 Å². The molecule has 0 N–H and O–H groups in total. The average molecular weight is 263 g/mol. The van der Waals surface area contributed by atoms with Crippen molar-refractivity contribution in [1.82, 2.24) is 4.98 Å². The molecule has 0 aliphatic rings. The number of benzene rings is 1. The zero-order valence-electron chi connectivity index (χ0n) is 9.91. The molecule has 94 valence electrons. The smallest absolute Gasteiger partial charge is 0.267 e. The van der Waals surface area contributed by atoms with E-state index in [1.54, 1.807) is 43.5 Å². The van der Waals surface area contributed by atoms with Gasteiger partial charge in [0.25, 0.3) is 10.1 Å². The van der Waals surface area contributed by atoms with Gasteiger partial charge in [-0.25, -0.2) is 0 Å². The van der Waals surface area contributed by atoms with Crippen LogP contribution in [-0.2, 0) is 14.3 Å². The Morgan fingerprint density at radius 3 is 2.50 bits per heavy atom. The van der Waals surface area contributed by atoms with Crippen LogP contribution in [0.5, 0.6) is 0 Å². The second-order valence-electron chi connectivity index (χ2n) is 3.57. The molecule has 1 heterocycles. The molecular weight excluding hydrogens is 250 g/mol. The maximum Gasteiger partial charge on any atom is 0.297 e. The Kier molecular flexibility index (Phi) is 3.74. The predicted octanol–water partition coefficient (Wildman–Crippen LogP) is 2.47. The van der Waals surface area contributed by atoms with Crippen molar-refractivity contribution >= 4 is 10.1 Å². The summed E-state index contributed by atoms with van der Waals surface area (Å²) >= 11 is 0. The van der Waals surface area contributed by atoms with E-state index in [1.165, 1.54) is 6.07 Å². The summed E-state index contributed by atoms with van der Waals surface area (Å²) in [5.74, 6) is 0. The number of aromatic nitrogens is 1. The lowest BCUT2D eigenvalue weighted by Gasteiger charge is -2.09. The topological polar surface area (TPSA) is 56.3 Å². The Morgan fingerprint density at radius 2 is 1.83 bits per heavy atom. The number of rotatable bonds is 4. The molecule has 1 aromatic heterocycles. The van der Waals surface area contributed by atoms with E-state index >= 15 is 0 Å². The van der Waals surface area contributed by atoms with Gasteiger partial charge in [0.05, 0.1) is 12.3 Å². The van der Waals surface area contributed by atoms with Crippen molar-refractivity contribution in [3.05, 3.63) is 48.7 Å². The molecule has 0 aliphatic carbocycles. The van der Waals surface area contributed by atoms with Gasteiger partial charge in [0, 0.05) is 11.8 Å². The molecule has 0 amide bonds. The fraction of sp³-hybridized carbons (Fsp3) is 0.154. The Bertz CT molecular complexity index is 624. The molecule has 0 saturated carbocycles. The molecule has 0 atom stereocenters. The van der Waals surface area contributed by atoms with E-state index in [4.69, 9.17) is 4.18 Å². The highest BCUT2D eigenvalue weighted by Gasteiger charge is 2.19. The van der Waals surface area contributed by atoms with Crippen molar-refractivity contribution in [2.24, 2.45) is 0 Å². The largest absolute Gasteiger partial charge is 0.297 e. The molecule has 0 aliphatic heterocycles. The lowest BCUT2D eigenvalue weighted by atomic mass is 10.1. The van der Waals surface area contributed by atoms with E-state index in [9.17, 15) is 8.42 Å². The van der Waals surface area contributed by atoms with E-state index < -0.39 is 10.1 Å². The summed E-state index contributed by atoms with van der Waals surface area (Å²) in [5.41, 5.74) is 1.16. The summed E-state index contributed by atoms with van der Waals surface area (Å²) in [7, 11) is -3.73. The van der Waals surface area contributed by atoms with Gasteiger partial charge in [-0.2, -0.15) is 8.42 Å². The lowest BCUT2D eigenvalue weighted by molar-refractivity contribution is 0.338. The summed E-state index contributed by atoms with van der Waals surface area (Å²) in [6.45, 7) is 1.75. The van der Waals surface area contributed by atoms with E-state index in [1.807, 2.05) is 6.07 Å². The van der Waals surface area contributed by atoms with Gasteiger partial charge in [0.2, 0.25) is 0 Å². The summed E-state index contributed by atoms with van der Waals surface area (Å²) in [6, 6.07) is 12.0. The number of nitrogens with zero attached hydrogens (tertiary/aromatic N) is 1. The van der Waals surface area contributed by atoms with Crippen molar-refractivity contribution in [3.63, 3.8) is 0 Å². The van der Waals surface area contributed by atoms with Gasteiger partial charge in [-0.1, -0.05) is 24.3 Å². The second-order valence-corrected chi connectivity index (χ2v) is 5.16. The zero-order chi connectivity index (χ0) is 13.0. The zero-order valence-corrected chi connectivity index (χ0v) is 10.7. The van der Waals surface area contributed by atoms with Crippen LogP contribution in [-0.4, -0.2) is 20.0 Å². The molecule has 0 fully saturated rings. The first-order chi connectivity index (χ1) is 8.65. The Hall–Kier alpha value is -1.72. The first-order valence-corrected chi connectivity index (χ1v) is 6.96. The first kappa shape index (κ1) is 12.7. The molecule has 4 nitrogen and oxygen atoms in total. The second kappa shape index (κ2) is 5.29. The van der Waals surface area contributed by atoms with Crippen LogP contribution in [0.2, 0.25) is 0 Å². The van der Waals surface area contributed by atoms with Crippen LogP contribution in [0.4, 0.5) is 0 Å². The van der Waals surface area contributed by atoms with Crippen molar-refractivity contribution in [1.29, 1.82) is 0 Å². The van der Waals surface area contributed by atoms with Gasteiger partial charge in [-0.3, -0.25) is 9.17 Å². The van der Waals surface area contributed by atoms with Crippen LogP contribution in [0.25, 0.3) is 11.3 Å². The van der Waals surface area contributed by atoms with Crippen LogP contribution >= 0.6 is 0 Å². The van der Waals surface area contributed by atoms with Gasteiger partial charge in [-0.05, 0) is 25.1 Å². The van der Waals surface area contributed by atoms with Crippen LogP contribution in [0.15, 0.2) is 53.6 Å². The standard InChI is InChI=1S/C13H13NO3S/c1-2-17-18(15,16)13-9-4-3-7-11(13)12-8-5-6-10-14-12/h3-10H,2H2,1H3. The molecule has 1 aromatic carbocycles. The average Bonchev–Trinajstić information content (AvgIpc) is 2.40. The van der Waals surface area contributed by atoms with Crippen LogP contribution in [0.3, 0.4) is 0 Å². The molecule has 0 bridgehead atoms. The Balaban J connectivity index is 2.58. The summed E-state index contributed by atoms with van der Waals surface area (Å²) < 4.78 is 28.8. The van der Waals surface area contributed by atoms with Crippen LogP contribution in [0, 0.1) is 0 Å². The normalized spacial score (nSPS) is 11.4. The van der Waals surface area contributed by atoms with Gasteiger partial charge < -0.3 is 0 Å². The molecule has 0 saturated heterocycles. The number of pyridine rings is 1. The summed E-state index contributed by atoms with van der Waals surface area (Å²) in [5, 5.41) is 0. The summed E-state index contributed by atoms with van der Waals surface area (Å²) in [4.78, 5) is 4.31. The van der Waals surface area contributed by atoms with Crippen molar-refractivity contribution in [3.8, 4) is 11.3 Å². The SMILES string of the molecule is CCOS(=O)(=O)c1ccccc1-c1ccccn1. The molecule has 0 spiro atoms. The maximum atomic E-state index is 12.0. The van der Waals surface area contributed by atoms with Crippen LogP contribution < -0.4 is 0 Å². The van der Waals surface area contributed by atoms with Crippen molar-refractivity contribution in [2.45, 2.75) is 11.8 Å². The minimum atomic E-state index is -3.73. The summed E-state index contributed by atoms with van der Waals surface area (Å²) in [6.07, 6.45) is 1.62. The Labute approximate surface area is 106 Å². The number of hydrogen-bond donors (Lipinski definition) is 0. The predicted molar refractivity (Wildman–Crippen MR) is 68.5 cm³/mol. The highest BCUT2D eigenvalue weighted by Crippen LogP contribution is 2.26. The third kappa shape index (κ3) is 2.57. The van der Waals surface area contributed by atoms with E-state index in [0.29, 0.717) is 11.3 Å². The number of hydrogen-bond acceptors (Lipinski definition) is 4. The highest BCUT2D eigenvalue weighted by atomic mass is 32.2. The molecular formula is C13H13NO3S. The van der Waals surface area contributed by atoms with E-state index in [2.05, 4.69) is 4.98 Å². The molecule has 0 unspecified atom stereocenters.